The summed E-state index contributed by atoms with van der Waals surface area (Å²) in [6.45, 7) is 11.7. The van der Waals surface area contributed by atoms with Crippen LogP contribution in [0.4, 0.5) is 0 Å². The third-order valence-electron chi connectivity index (χ3n) is 3.02. The van der Waals surface area contributed by atoms with E-state index in [0.717, 1.165) is 18.9 Å². The largest absolute Gasteiger partial charge is 0.491 e. The van der Waals surface area contributed by atoms with Gasteiger partial charge in [0.15, 0.2) is 0 Å². The first kappa shape index (κ1) is 16.0. The Morgan fingerprint density at radius 2 is 1.79 bits per heavy atom. The maximum atomic E-state index is 5.71. The third kappa shape index (κ3) is 6.60. The van der Waals surface area contributed by atoms with Crippen LogP contribution in [0.15, 0.2) is 30.3 Å². The molecular formula is C16H27NO2. The fourth-order valence-electron chi connectivity index (χ4n) is 1.80. The quantitative estimate of drug-likeness (QED) is 0.733. The molecule has 0 heterocycles. The van der Waals surface area contributed by atoms with Crippen molar-refractivity contribution in [3.8, 4) is 5.75 Å². The van der Waals surface area contributed by atoms with E-state index in [1.807, 2.05) is 30.3 Å². The molecule has 0 aliphatic heterocycles. The molecule has 0 saturated carbocycles. The Balaban J connectivity index is 2.18. The highest BCUT2D eigenvalue weighted by Gasteiger charge is 2.23. The maximum Gasteiger partial charge on any atom is 0.119 e. The van der Waals surface area contributed by atoms with Gasteiger partial charge in [-0.25, -0.2) is 0 Å². The molecule has 1 atom stereocenters. The molecule has 0 saturated heterocycles. The highest BCUT2D eigenvalue weighted by Crippen LogP contribution is 2.19. The van der Waals surface area contributed by atoms with Crippen LogP contribution < -0.4 is 10.1 Å². The molecule has 0 aliphatic rings. The summed E-state index contributed by atoms with van der Waals surface area (Å²) < 4.78 is 11.3. The minimum absolute atomic E-state index is 0.205. The van der Waals surface area contributed by atoms with Crippen molar-refractivity contribution in [1.82, 2.24) is 5.32 Å². The molecule has 19 heavy (non-hydrogen) atoms. The van der Waals surface area contributed by atoms with Crippen molar-refractivity contribution in [1.29, 1.82) is 0 Å². The first-order valence-electron chi connectivity index (χ1n) is 7.03. The van der Waals surface area contributed by atoms with Crippen LogP contribution in [-0.4, -0.2) is 32.4 Å². The Hall–Kier alpha value is -1.06. The van der Waals surface area contributed by atoms with Crippen molar-refractivity contribution in [3.05, 3.63) is 30.3 Å². The van der Waals surface area contributed by atoms with Gasteiger partial charge in [-0.1, -0.05) is 45.9 Å². The minimum atomic E-state index is 0.205. The van der Waals surface area contributed by atoms with Crippen molar-refractivity contribution in [3.63, 3.8) is 0 Å². The number of para-hydroxylation sites is 1. The lowest BCUT2D eigenvalue weighted by Gasteiger charge is -2.31. The van der Waals surface area contributed by atoms with Gasteiger partial charge in [-0.05, 0) is 24.1 Å². The van der Waals surface area contributed by atoms with E-state index in [4.69, 9.17) is 9.47 Å². The van der Waals surface area contributed by atoms with Crippen molar-refractivity contribution < 1.29 is 9.47 Å². The van der Waals surface area contributed by atoms with Crippen LogP contribution in [0, 0.1) is 5.41 Å². The molecular weight excluding hydrogens is 238 g/mol. The van der Waals surface area contributed by atoms with Gasteiger partial charge in [0.2, 0.25) is 0 Å². The van der Waals surface area contributed by atoms with Gasteiger partial charge in [0, 0.05) is 6.04 Å². The molecule has 1 aromatic rings. The molecule has 0 fully saturated rings. The van der Waals surface area contributed by atoms with Crippen LogP contribution in [0.5, 0.6) is 5.75 Å². The molecule has 1 unspecified atom stereocenters. The van der Waals surface area contributed by atoms with Crippen LogP contribution in [0.2, 0.25) is 0 Å². The van der Waals surface area contributed by atoms with Gasteiger partial charge >= 0.3 is 0 Å². The van der Waals surface area contributed by atoms with Crippen LogP contribution in [0.3, 0.4) is 0 Å². The fourth-order valence-corrected chi connectivity index (χ4v) is 1.80. The van der Waals surface area contributed by atoms with Gasteiger partial charge in [0.1, 0.15) is 12.4 Å². The number of nitrogens with one attached hydrogen (secondary N) is 1. The molecule has 0 aliphatic carbocycles. The molecule has 0 aromatic heterocycles. The molecule has 108 valence electrons. The molecule has 1 aromatic carbocycles. The second-order valence-electron chi connectivity index (χ2n) is 5.71. The molecule has 1 N–H and O–H groups in total. The van der Waals surface area contributed by atoms with Gasteiger partial charge in [0.25, 0.3) is 0 Å². The summed E-state index contributed by atoms with van der Waals surface area (Å²) in [5.74, 6) is 0.894. The zero-order valence-electron chi connectivity index (χ0n) is 12.6. The highest BCUT2D eigenvalue weighted by molar-refractivity contribution is 5.20. The average molecular weight is 265 g/mol. The Labute approximate surface area is 117 Å². The fraction of sp³-hybridized carbons (Fsp3) is 0.625. The van der Waals surface area contributed by atoms with Crippen molar-refractivity contribution in [2.75, 3.05) is 26.4 Å². The van der Waals surface area contributed by atoms with E-state index in [1.165, 1.54) is 0 Å². The number of hydrogen-bond acceptors (Lipinski definition) is 3. The monoisotopic (exact) mass is 265 g/mol. The lowest BCUT2D eigenvalue weighted by molar-refractivity contribution is 0.0573. The zero-order chi connectivity index (χ0) is 14.1. The number of likely N-dealkylation sites (N-methyl/N-ethyl adjacent to an activating group) is 1. The summed E-state index contributed by atoms with van der Waals surface area (Å²) in [4.78, 5) is 0. The van der Waals surface area contributed by atoms with Gasteiger partial charge in [0.05, 0.1) is 13.2 Å². The summed E-state index contributed by atoms with van der Waals surface area (Å²) in [7, 11) is 0. The van der Waals surface area contributed by atoms with Crippen LogP contribution in [0.25, 0.3) is 0 Å². The normalized spacial score (nSPS) is 13.3. The van der Waals surface area contributed by atoms with E-state index >= 15 is 0 Å². The second-order valence-corrected chi connectivity index (χ2v) is 5.71. The molecule has 0 amide bonds. The van der Waals surface area contributed by atoms with Crippen molar-refractivity contribution in [2.45, 2.75) is 33.7 Å². The number of benzene rings is 1. The topological polar surface area (TPSA) is 30.5 Å². The summed E-state index contributed by atoms with van der Waals surface area (Å²) >= 11 is 0. The third-order valence-corrected chi connectivity index (χ3v) is 3.02. The maximum absolute atomic E-state index is 5.71. The first-order valence-corrected chi connectivity index (χ1v) is 7.03. The number of rotatable bonds is 8. The molecule has 0 radical (unpaired) electrons. The zero-order valence-corrected chi connectivity index (χ0v) is 12.6. The van der Waals surface area contributed by atoms with E-state index in [-0.39, 0.29) is 5.41 Å². The van der Waals surface area contributed by atoms with Gasteiger partial charge in [-0.2, -0.15) is 0 Å². The lowest BCUT2D eigenvalue weighted by Crippen LogP contribution is -2.44. The van der Waals surface area contributed by atoms with Crippen LogP contribution in [0.1, 0.15) is 27.7 Å². The Morgan fingerprint density at radius 3 is 2.37 bits per heavy atom. The minimum Gasteiger partial charge on any atom is -0.491 e. The van der Waals surface area contributed by atoms with Crippen molar-refractivity contribution >= 4 is 0 Å². The lowest BCUT2D eigenvalue weighted by atomic mass is 9.87. The van der Waals surface area contributed by atoms with Crippen LogP contribution >= 0.6 is 0 Å². The predicted octanol–water partition coefficient (Wildman–Crippen LogP) is 3.11. The molecule has 0 spiro atoms. The van der Waals surface area contributed by atoms with Gasteiger partial charge in [-0.3, -0.25) is 0 Å². The smallest absolute Gasteiger partial charge is 0.119 e. The summed E-state index contributed by atoms with van der Waals surface area (Å²) in [5.41, 5.74) is 0.205. The van der Waals surface area contributed by atoms with E-state index < -0.39 is 0 Å². The number of hydrogen-bond donors (Lipinski definition) is 1. The summed E-state index contributed by atoms with van der Waals surface area (Å²) in [6, 6.07) is 10.2. The highest BCUT2D eigenvalue weighted by atomic mass is 16.5. The average Bonchev–Trinajstić information content (AvgIpc) is 2.37. The standard InChI is InChI=1S/C16H27NO2/c1-5-17-15(16(2,3)4)13-18-11-12-19-14-9-7-6-8-10-14/h6-10,15,17H,5,11-13H2,1-4H3. The Kier molecular flexibility index (Phi) is 6.89. The second kappa shape index (κ2) is 8.18. The predicted molar refractivity (Wildman–Crippen MR) is 79.7 cm³/mol. The summed E-state index contributed by atoms with van der Waals surface area (Å²) in [5, 5.41) is 3.47. The first-order chi connectivity index (χ1) is 9.04. The Bertz CT molecular complexity index is 332. The molecule has 3 heteroatoms. The SMILES string of the molecule is CCNC(COCCOc1ccccc1)C(C)(C)C. The van der Waals surface area contributed by atoms with E-state index in [0.29, 0.717) is 19.3 Å². The molecule has 0 bridgehead atoms. The Morgan fingerprint density at radius 1 is 1.11 bits per heavy atom. The van der Waals surface area contributed by atoms with Crippen LogP contribution in [-0.2, 0) is 4.74 Å². The molecule has 3 nitrogen and oxygen atoms in total. The molecule has 1 rings (SSSR count). The van der Waals surface area contributed by atoms with Crippen molar-refractivity contribution in [2.24, 2.45) is 5.41 Å². The number of ether oxygens (including phenoxy) is 2. The van der Waals surface area contributed by atoms with Gasteiger partial charge in [-0.15, -0.1) is 0 Å². The van der Waals surface area contributed by atoms with Gasteiger partial charge < -0.3 is 14.8 Å². The van der Waals surface area contributed by atoms with E-state index in [2.05, 4.69) is 33.0 Å². The summed E-state index contributed by atoms with van der Waals surface area (Å²) in [6.07, 6.45) is 0. The van der Waals surface area contributed by atoms with E-state index in [9.17, 15) is 0 Å². The van der Waals surface area contributed by atoms with E-state index in [1.54, 1.807) is 0 Å².